The smallest absolute Gasteiger partial charge is 0.230 e. The highest BCUT2D eigenvalue weighted by Gasteiger charge is 2.14. The van der Waals surface area contributed by atoms with Crippen LogP contribution in [0.3, 0.4) is 0 Å². The molecule has 0 bridgehead atoms. The fourth-order valence-corrected chi connectivity index (χ4v) is 3.43. The number of fused-ring (bicyclic) bond motifs is 1. The summed E-state index contributed by atoms with van der Waals surface area (Å²) in [6, 6.07) is 11.9. The van der Waals surface area contributed by atoms with Crippen LogP contribution >= 0.6 is 23.4 Å². The maximum atomic E-state index is 12.3. The van der Waals surface area contributed by atoms with Crippen molar-refractivity contribution < 1.29 is 4.79 Å². The van der Waals surface area contributed by atoms with Gasteiger partial charge in [0.25, 0.3) is 0 Å². The normalized spacial score (nSPS) is 12.2. The molecule has 0 radical (unpaired) electrons. The van der Waals surface area contributed by atoms with Crippen LogP contribution < -0.4 is 5.32 Å². The summed E-state index contributed by atoms with van der Waals surface area (Å²) in [5.41, 5.74) is 2.49. The number of aromatic nitrogens is 3. The Morgan fingerprint density at radius 3 is 2.92 bits per heavy atom. The molecule has 3 aromatic rings. The van der Waals surface area contributed by atoms with Crippen molar-refractivity contribution in [1.82, 2.24) is 20.3 Å². The van der Waals surface area contributed by atoms with Crippen LogP contribution in [-0.2, 0) is 4.79 Å². The number of amides is 1. The van der Waals surface area contributed by atoms with E-state index in [1.54, 1.807) is 12.3 Å². The standard InChI is InChI=1S/C18H19ClN4OS/c1-2-6-14(12-7-4-3-5-8-12)21-16(24)11-25-18-22-15-9-13(19)10-20-17(15)23-18/h3-5,7-10,14H,2,6,11H2,1H3,(H,21,24)(H,20,22,23)/t14-/m1/s1. The molecule has 0 saturated carbocycles. The molecule has 0 aliphatic heterocycles. The molecule has 2 N–H and O–H groups in total. The summed E-state index contributed by atoms with van der Waals surface area (Å²) in [5.74, 6) is 0.277. The van der Waals surface area contributed by atoms with Crippen LogP contribution in [0.25, 0.3) is 11.2 Å². The fourth-order valence-electron chi connectivity index (χ4n) is 2.59. The number of benzene rings is 1. The molecular weight excluding hydrogens is 356 g/mol. The van der Waals surface area contributed by atoms with E-state index < -0.39 is 0 Å². The van der Waals surface area contributed by atoms with Gasteiger partial charge in [-0.15, -0.1) is 0 Å². The molecule has 0 aliphatic rings. The molecule has 0 unspecified atom stereocenters. The van der Waals surface area contributed by atoms with Crippen LogP contribution in [-0.4, -0.2) is 26.6 Å². The predicted octanol–water partition coefficient (Wildman–Crippen LogP) is 4.36. The lowest BCUT2D eigenvalue weighted by Gasteiger charge is -2.18. The maximum Gasteiger partial charge on any atom is 0.230 e. The minimum Gasteiger partial charge on any atom is -0.349 e. The molecule has 5 nitrogen and oxygen atoms in total. The van der Waals surface area contributed by atoms with Crippen LogP contribution in [0.4, 0.5) is 0 Å². The van der Waals surface area contributed by atoms with Gasteiger partial charge in [0.1, 0.15) is 0 Å². The minimum absolute atomic E-state index is 0.0150. The number of nitrogens with zero attached hydrogens (tertiary/aromatic N) is 2. The van der Waals surface area contributed by atoms with Gasteiger partial charge in [-0.2, -0.15) is 0 Å². The molecule has 2 heterocycles. The molecule has 1 atom stereocenters. The van der Waals surface area contributed by atoms with Gasteiger partial charge in [-0.1, -0.05) is 67.0 Å². The number of aromatic amines is 1. The van der Waals surface area contributed by atoms with Gasteiger partial charge in [0, 0.05) is 6.20 Å². The first kappa shape index (κ1) is 17.8. The number of H-pyrrole nitrogens is 1. The van der Waals surface area contributed by atoms with Gasteiger partial charge in [-0.3, -0.25) is 4.79 Å². The monoisotopic (exact) mass is 374 g/mol. The quantitative estimate of drug-likeness (QED) is 0.603. The van der Waals surface area contributed by atoms with Crippen molar-refractivity contribution in [2.24, 2.45) is 0 Å². The molecular formula is C18H19ClN4OS. The predicted molar refractivity (Wildman–Crippen MR) is 102 cm³/mol. The summed E-state index contributed by atoms with van der Waals surface area (Å²) < 4.78 is 0. The summed E-state index contributed by atoms with van der Waals surface area (Å²) >= 11 is 7.27. The first-order valence-corrected chi connectivity index (χ1v) is 9.50. The number of carbonyl (C=O) groups is 1. The molecule has 7 heteroatoms. The Hall–Kier alpha value is -2.05. The van der Waals surface area contributed by atoms with E-state index in [4.69, 9.17) is 11.6 Å². The Labute approximate surface area is 155 Å². The number of halogens is 1. The molecule has 25 heavy (non-hydrogen) atoms. The van der Waals surface area contributed by atoms with E-state index in [2.05, 4.69) is 27.2 Å². The average molecular weight is 375 g/mol. The molecule has 130 valence electrons. The summed E-state index contributed by atoms with van der Waals surface area (Å²) in [6.45, 7) is 2.11. The van der Waals surface area contributed by atoms with Gasteiger partial charge in [-0.25, -0.2) is 9.97 Å². The summed E-state index contributed by atoms with van der Waals surface area (Å²) in [4.78, 5) is 24.0. The lowest BCUT2D eigenvalue weighted by molar-refractivity contribution is -0.119. The molecule has 0 aliphatic carbocycles. The van der Waals surface area contributed by atoms with Gasteiger partial charge in [-0.05, 0) is 18.1 Å². The average Bonchev–Trinajstić information content (AvgIpc) is 3.02. The van der Waals surface area contributed by atoms with Crippen molar-refractivity contribution >= 4 is 40.4 Å². The Bertz CT molecular complexity index is 853. The van der Waals surface area contributed by atoms with Crippen molar-refractivity contribution in [3.05, 3.63) is 53.2 Å². The van der Waals surface area contributed by atoms with Gasteiger partial charge in [0.2, 0.25) is 5.91 Å². The van der Waals surface area contributed by atoms with E-state index in [9.17, 15) is 4.79 Å². The lowest BCUT2D eigenvalue weighted by Crippen LogP contribution is -2.29. The maximum absolute atomic E-state index is 12.3. The van der Waals surface area contributed by atoms with Crippen molar-refractivity contribution in [3.63, 3.8) is 0 Å². The Morgan fingerprint density at radius 2 is 2.16 bits per heavy atom. The Morgan fingerprint density at radius 1 is 1.36 bits per heavy atom. The first-order chi connectivity index (χ1) is 12.2. The first-order valence-electron chi connectivity index (χ1n) is 8.14. The highest BCUT2D eigenvalue weighted by atomic mass is 35.5. The zero-order valence-corrected chi connectivity index (χ0v) is 15.4. The highest BCUT2D eigenvalue weighted by Crippen LogP contribution is 2.22. The van der Waals surface area contributed by atoms with E-state index in [1.165, 1.54) is 11.8 Å². The van der Waals surface area contributed by atoms with Crippen molar-refractivity contribution in [1.29, 1.82) is 0 Å². The largest absolute Gasteiger partial charge is 0.349 e. The molecule has 2 aromatic heterocycles. The third-order valence-electron chi connectivity index (χ3n) is 3.74. The second-order valence-corrected chi connectivity index (χ2v) is 7.08. The van der Waals surface area contributed by atoms with Crippen LogP contribution in [0.5, 0.6) is 0 Å². The van der Waals surface area contributed by atoms with Crippen molar-refractivity contribution in [3.8, 4) is 0 Å². The number of pyridine rings is 1. The zero-order chi connectivity index (χ0) is 17.6. The number of carbonyl (C=O) groups excluding carboxylic acids is 1. The van der Waals surface area contributed by atoms with E-state index in [0.717, 1.165) is 23.9 Å². The van der Waals surface area contributed by atoms with E-state index >= 15 is 0 Å². The number of imidazole rings is 1. The van der Waals surface area contributed by atoms with Crippen LogP contribution in [0, 0.1) is 0 Å². The molecule has 3 rings (SSSR count). The topological polar surface area (TPSA) is 70.7 Å². The highest BCUT2D eigenvalue weighted by molar-refractivity contribution is 7.99. The van der Waals surface area contributed by atoms with Gasteiger partial charge in [0.05, 0.1) is 22.3 Å². The molecule has 1 amide bonds. The Kier molecular flexibility index (Phi) is 5.94. The van der Waals surface area contributed by atoms with Gasteiger partial charge >= 0.3 is 0 Å². The number of hydrogen-bond donors (Lipinski definition) is 2. The second kappa shape index (κ2) is 8.36. The summed E-state index contributed by atoms with van der Waals surface area (Å²) in [6.07, 6.45) is 3.47. The Balaban J connectivity index is 1.60. The third kappa shape index (κ3) is 4.74. The number of hydrogen-bond acceptors (Lipinski definition) is 4. The van der Waals surface area contributed by atoms with Crippen LogP contribution in [0.15, 0.2) is 47.8 Å². The van der Waals surface area contributed by atoms with Crippen LogP contribution in [0.1, 0.15) is 31.4 Å². The van der Waals surface area contributed by atoms with Gasteiger partial charge in [0.15, 0.2) is 10.8 Å². The summed E-state index contributed by atoms with van der Waals surface area (Å²) in [5, 5.41) is 4.32. The SMILES string of the molecule is CCC[C@@H](NC(=O)CSc1nc2ncc(Cl)cc2[nH]1)c1ccccc1. The number of nitrogens with one attached hydrogen (secondary N) is 2. The van der Waals surface area contributed by atoms with Gasteiger partial charge < -0.3 is 10.3 Å². The molecule has 1 aromatic carbocycles. The minimum atomic E-state index is -0.0150. The fraction of sp³-hybridized carbons (Fsp3) is 0.278. The second-order valence-electron chi connectivity index (χ2n) is 5.67. The molecule has 0 fully saturated rings. The van der Waals surface area contributed by atoms with Crippen molar-refractivity contribution in [2.45, 2.75) is 31.0 Å². The summed E-state index contributed by atoms with van der Waals surface area (Å²) in [7, 11) is 0. The van der Waals surface area contributed by atoms with Crippen LogP contribution in [0.2, 0.25) is 5.02 Å². The zero-order valence-electron chi connectivity index (χ0n) is 13.8. The molecule has 0 saturated heterocycles. The van der Waals surface area contributed by atoms with Crippen molar-refractivity contribution in [2.75, 3.05) is 5.75 Å². The van der Waals surface area contributed by atoms with E-state index in [-0.39, 0.29) is 11.9 Å². The van der Waals surface area contributed by atoms with E-state index in [1.807, 2.05) is 30.3 Å². The van der Waals surface area contributed by atoms with E-state index in [0.29, 0.717) is 21.6 Å². The molecule has 0 spiro atoms. The third-order valence-corrected chi connectivity index (χ3v) is 4.82. The number of thioether (sulfide) groups is 1. The number of rotatable bonds is 7. The lowest BCUT2D eigenvalue weighted by atomic mass is 10.0.